The Morgan fingerprint density at radius 2 is 2.23 bits per heavy atom. The van der Waals surface area contributed by atoms with Gasteiger partial charge in [0.05, 0.1) is 18.8 Å². The SMILES string of the molecule is CC(C)OC(=O)O.CC1CCOO1. The Kier molecular flexibility index (Phi) is 6.26. The number of hydrogen-bond acceptors (Lipinski definition) is 4. The molecule has 13 heavy (non-hydrogen) atoms. The molecule has 1 saturated heterocycles. The quantitative estimate of drug-likeness (QED) is 0.507. The first-order chi connectivity index (χ1) is 6.02. The first-order valence-electron chi connectivity index (χ1n) is 4.20. The van der Waals surface area contributed by atoms with Crippen LogP contribution >= 0.6 is 0 Å². The second kappa shape index (κ2) is 6.68. The van der Waals surface area contributed by atoms with E-state index in [-0.39, 0.29) is 6.10 Å². The van der Waals surface area contributed by atoms with Gasteiger partial charge in [0.2, 0.25) is 0 Å². The van der Waals surface area contributed by atoms with E-state index in [2.05, 4.69) is 14.5 Å². The molecule has 5 heteroatoms. The van der Waals surface area contributed by atoms with Crippen LogP contribution in [0.15, 0.2) is 0 Å². The molecule has 5 nitrogen and oxygen atoms in total. The maximum Gasteiger partial charge on any atom is 0.506 e. The van der Waals surface area contributed by atoms with Crippen molar-refractivity contribution in [2.75, 3.05) is 6.61 Å². The monoisotopic (exact) mass is 192 g/mol. The van der Waals surface area contributed by atoms with Crippen LogP contribution in [0.3, 0.4) is 0 Å². The molecule has 1 heterocycles. The average Bonchev–Trinajstić information content (AvgIpc) is 2.37. The van der Waals surface area contributed by atoms with E-state index < -0.39 is 6.16 Å². The van der Waals surface area contributed by atoms with E-state index in [1.54, 1.807) is 13.8 Å². The summed E-state index contributed by atoms with van der Waals surface area (Å²) in [5.41, 5.74) is 0. The Morgan fingerprint density at radius 3 is 2.31 bits per heavy atom. The number of hydrogen-bond donors (Lipinski definition) is 1. The van der Waals surface area contributed by atoms with Crippen molar-refractivity contribution in [1.82, 2.24) is 0 Å². The van der Waals surface area contributed by atoms with Crippen molar-refractivity contribution in [3.05, 3.63) is 0 Å². The molecular formula is C8H16O5. The average molecular weight is 192 g/mol. The Balaban J connectivity index is 0.000000223. The van der Waals surface area contributed by atoms with E-state index in [0.29, 0.717) is 6.10 Å². The van der Waals surface area contributed by atoms with E-state index in [9.17, 15) is 4.79 Å². The van der Waals surface area contributed by atoms with Crippen LogP contribution in [0.5, 0.6) is 0 Å². The van der Waals surface area contributed by atoms with Gasteiger partial charge in [-0.2, -0.15) is 0 Å². The van der Waals surface area contributed by atoms with Gasteiger partial charge in [0.15, 0.2) is 0 Å². The smallest absolute Gasteiger partial charge is 0.450 e. The van der Waals surface area contributed by atoms with Crippen molar-refractivity contribution in [3.63, 3.8) is 0 Å². The van der Waals surface area contributed by atoms with Crippen molar-refractivity contribution >= 4 is 6.16 Å². The third-order valence-corrected chi connectivity index (χ3v) is 1.18. The standard InChI is InChI=1S/C4H8O3.C4H8O2/c1-3(2)7-4(5)6;1-4-2-3-5-6-4/h3H,1-2H3,(H,5,6);4H,2-3H2,1H3. The number of carbonyl (C=O) groups is 1. The molecule has 1 N–H and O–H groups in total. The van der Waals surface area contributed by atoms with Gasteiger partial charge in [0.1, 0.15) is 0 Å². The van der Waals surface area contributed by atoms with Crippen LogP contribution in [0.25, 0.3) is 0 Å². The van der Waals surface area contributed by atoms with Crippen LogP contribution < -0.4 is 0 Å². The third-order valence-electron chi connectivity index (χ3n) is 1.18. The molecule has 0 saturated carbocycles. The van der Waals surface area contributed by atoms with Crippen molar-refractivity contribution in [2.24, 2.45) is 0 Å². The maximum absolute atomic E-state index is 9.59. The second-order valence-corrected chi connectivity index (χ2v) is 2.95. The fourth-order valence-electron chi connectivity index (χ4n) is 0.628. The minimum absolute atomic E-state index is 0.225. The molecule has 1 rings (SSSR count). The summed E-state index contributed by atoms with van der Waals surface area (Å²) in [5.74, 6) is 0. The van der Waals surface area contributed by atoms with Gasteiger partial charge < -0.3 is 9.84 Å². The summed E-state index contributed by atoms with van der Waals surface area (Å²) in [4.78, 5) is 18.8. The van der Waals surface area contributed by atoms with Gasteiger partial charge in [-0.15, -0.1) is 0 Å². The lowest BCUT2D eigenvalue weighted by molar-refractivity contribution is -0.270. The fourth-order valence-corrected chi connectivity index (χ4v) is 0.628. The Hall–Kier alpha value is -0.810. The highest BCUT2D eigenvalue weighted by atomic mass is 17.2. The first-order valence-corrected chi connectivity index (χ1v) is 4.20. The molecule has 1 fully saturated rings. The van der Waals surface area contributed by atoms with E-state index in [0.717, 1.165) is 13.0 Å². The minimum Gasteiger partial charge on any atom is -0.450 e. The minimum atomic E-state index is -1.21. The van der Waals surface area contributed by atoms with Gasteiger partial charge in [-0.25, -0.2) is 14.6 Å². The molecule has 1 aliphatic heterocycles. The number of carboxylic acid groups (broad SMARTS) is 1. The fraction of sp³-hybridized carbons (Fsp3) is 0.875. The van der Waals surface area contributed by atoms with Gasteiger partial charge in [0.25, 0.3) is 0 Å². The van der Waals surface area contributed by atoms with Crippen LogP contribution in [0, 0.1) is 0 Å². The summed E-state index contributed by atoms with van der Waals surface area (Å²) < 4.78 is 4.17. The highest BCUT2D eigenvalue weighted by Crippen LogP contribution is 2.05. The molecule has 1 atom stereocenters. The van der Waals surface area contributed by atoms with Gasteiger partial charge in [0, 0.05) is 6.42 Å². The predicted molar refractivity (Wildman–Crippen MR) is 45.4 cm³/mol. The molecule has 0 amide bonds. The zero-order valence-electron chi connectivity index (χ0n) is 8.15. The normalized spacial score (nSPS) is 20.8. The van der Waals surface area contributed by atoms with Crippen LogP contribution in [-0.2, 0) is 14.5 Å². The van der Waals surface area contributed by atoms with Crippen LogP contribution in [0.1, 0.15) is 27.2 Å². The predicted octanol–water partition coefficient (Wildman–Crippen LogP) is 1.82. The van der Waals surface area contributed by atoms with Gasteiger partial charge >= 0.3 is 6.16 Å². The summed E-state index contributed by atoms with van der Waals surface area (Å²) in [6, 6.07) is 0. The summed E-state index contributed by atoms with van der Waals surface area (Å²) in [5, 5.41) is 7.86. The molecule has 0 aromatic carbocycles. The summed E-state index contributed by atoms with van der Waals surface area (Å²) in [6.07, 6.45) is -0.0718. The molecule has 0 aliphatic carbocycles. The van der Waals surface area contributed by atoms with Crippen LogP contribution in [-0.4, -0.2) is 30.1 Å². The number of rotatable bonds is 1. The summed E-state index contributed by atoms with van der Waals surface area (Å²) >= 11 is 0. The molecule has 0 aromatic rings. The molecule has 0 radical (unpaired) electrons. The highest BCUT2D eigenvalue weighted by Gasteiger charge is 2.09. The van der Waals surface area contributed by atoms with E-state index >= 15 is 0 Å². The third kappa shape index (κ3) is 9.10. The molecule has 78 valence electrons. The summed E-state index contributed by atoms with van der Waals surface area (Å²) in [7, 11) is 0. The first kappa shape index (κ1) is 12.2. The van der Waals surface area contributed by atoms with E-state index in [1.165, 1.54) is 0 Å². The van der Waals surface area contributed by atoms with E-state index in [4.69, 9.17) is 5.11 Å². The Morgan fingerprint density at radius 1 is 1.62 bits per heavy atom. The molecule has 0 spiro atoms. The van der Waals surface area contributed by atoms with Gasteiger partial charge in [-0.05, 0) is 20.8 Å². The summed E-state index contributed by atoms with van der Waals surface area (Å²) in [6.45, 7) is 6.08. The lowest BCUT2D eigenvalue weighted by Gasteiger charge is -1.99. The van der Waals surface area contributed by atoms with E-state index in [1.807, 2.05) is 6.92 Å². The second-order valence-electron chi connectivity index (χ2n) is 2.95. The van der Waals surface area contributed by atoms with Crippen LogP contribution in [0.4, 0.5) is 4.79 Å². The maximum atomic E-state index is 9.59. The van der Waals surface area contributed by atoms with Crippen molar-refractivity contribution in [3.8, 4) is 0 Å². The molecule has 0 aromatic heterocycles. The van der Waals surface area contributed by atoms with Crippen LogP contribution in [0.2, 0.25) is 0 Å². The van der Waals surface area contributed by atoms with Gasteiger partial charge in [-0.3, -0.25) is 0 Å². The molecule has 1 unspecified atom stereocenters. The van der Waals surface area contributed by atoms with Crippen molar-refractivity contribution < 1.29 is 24.4 Å². The molecule has 0 bridgehead atoms. The van der Waals surface area contributed by atoms with Crippen molar-refractivity contribution in [2.45, 2.75) is 39.4 Å². The largest absolute Gasteiger partial charge is 0.506 e. The lowest BCUT2D eigenvalue weighted by Crippen LogP contribution is -2.07. The van der Waals surface area contributed by atoms with Crippen molar-refractivity contribution in [1.29, 1.82) is 0 Å². The zero-order chi connectivity index (χ0) is 10.3. The number of ether oxygens (including phenoxy) is 1. The Bertz CT molecular complexity index is 139. The Labute approximate surface area is 77.5 Å². The highest BCUT2D eigenvalue weighted by molar-refractivity contribution is 5.56. The zero-order valence-corrected chi connectivity index (χ0v) is 8.15. The van der Waals surface area contributed by atoms with Gasteiger partial charge in [-0.1, -0.05) is 0 Å². The molecule has 1 aliphatic rings. The molecular weight excluding hydrogens is 176 g/mol. The topological polar surface area (TPSA) is 65.0 Å². The lowest BCUT2D eigenvalue weighted by atomic mass is 10.3.